The van der Waals surface area contributed by atoms with Gasteiger partial charge >= 0.3 is 0 Å². The highest BCUT2D eigenvalue weighted by molar-refractivity contribution is 8.00. The van der Waals surface area contributed by atoms with Gasteiger partial charge in [-0.2, -0.15) is 0 Å². The van der Waals surface area contributed by atoms with Crippen LogP contribution in [0.5, 0.6) is 0 Å². The van der Waals surface area contributed by atoms with E-state index in [1.165, 1.54) is 11.1 Å². The summed E-state index contributed by atoms with van der Waals surface area (Å²) in [6.07, 6.45) is 0. The van der Waals surface area contributed by atoms with Crippen LogP contribution in [0.1, 0.15) is 44.1 Å². The Morgan fingerprint density at radius 1 is 1.00 bits per heavy atom. The second kappa shape index (κ2) is 6.46. The van der Waals surface area contributed by atoms with Crippen molar-refractivity contribution >= 4 is 11.8 Å². The van der Waals surface area contributed by atoms with Crippen LogP contribution in [-0.2, 0) is 0 Å². The molecule has 0 bridgehead atoms. The molecule has 0 aromatic heterocycles. The van der Waals surface area contributed by atoms with E-state index in [1.54, 1.807) is 0 Å². The average Bonchev–Trinajstić information content (AvgIpc) is 2.26. The van der Waals surface area contributed by atoms with Crippen molar-refractivity contribution in [3.63, 3.8) is 0 Å². The Labute approximate surface area is 110 Å². The lowest BCUT2D eigenvalue weighted by Crippen LogP contribution is -2.25. The van der Waals surface area contributed by atoms with Crippen molar-refractivity contribution in [2.45, 2.75) is 51.2 Å². The lowest BCUT2D eigenvalue weighted by atomic mass is 10.1. The zero-order chi connectivity index (χ0) is 13.0. The van der Waals surface area contributed by atoms with Gasteiger partial charge in [0, 0.05) is 16.5 Å². The summed E-state index contributed by atoms with van der Waals surface area (Å²) >= 11 is 1.99. The van der Waals surface area contributed by atoms with E-state index in [0.717, 1.165) is 0 Å². The minimum atomic E-state index is 0.184. The fourth-order valence-corrected chi connectivity index (χ4v) is 2.99. The Balaban J connectivity index is 2.82. The molecule has 0 heterocycles. The highest BCUT2D eigenvalue weighted by Gasteiger charge is 2.21. The quantitative estimate of drug-likeness (QED) is 0.850. The summed E-state index contributed by atoms with van der Waals surface area (Å²) in [5.74, 6) is 0.687. The Bertz CT molecular complexity index is 329. The second-order valence-corrected chi connectivity index (χ2v) is 6.80. The molecule has 96 valence electrons. The van der Waals surface area contributed by atoms with E-state index in [-0.39, 0.29) is 6.04 Å². The molecule has 0 aliphatic rings. The number of aryl methyl sites for hydroxylation is 1. The van der Waals surface area contributed by atoms with Crippen LogP contribution in [0.3, 0.4) is 0 Å². The van der Waals surface area contributed by atoms with E-state index in [1.807, 2.05) is 11.8 Å². The molecule has 0 aliphatic heterocycles. The molecule has 1 aromatic rings. The van der Waals surface area contributed by atoms with Crippen LogP contribution in [0.15, 0.2) is 24.3 Å². The molecule has 0 fully saturated rings. The van der Waals surface area contributed by atoms with E-state index in [0.29, 0.717) is 16.4 Å². The number of benzene rings is 1. The maximum absolute atomic E-state index is 6.13. The zero-order valence-electron chi connectivity index (χ0n) is 11.6. The zero-order valence-corrected chi connectivity index (χ0v) is 12.4. The number of rotatable bonds is 5. The van der Waals surface area contributed by atoms with Gasteiger partial charge in [-0.1, -0.05) is 50.6 Å². The number of hydrogen-bond donors (Lipinski definition) is 1. The highest BCUT2D eigenvalue weighted by atomic mass is 32.2. The molecular formula is C15H25NS. The van der Waals surface area contributed by atoms with E-state index in [2.05, 4.69) is 58.9 Å². The molecule has 0 saturated heterocycles. The summed E-state index contributed by atoms with van der Waals surface area (Å²) in [7, 11) is 0. The van der Waals surface area contributed by atoms with E-state index >= 15 is 0 Å². The van der Waals surface area contributed by atoms with Gasteiger partial charge in [0.15, 0.2) is 0 Å². The lowest BCUT2D eigenvalue weighted by molar-refractivity contribution is 0.631. The summed E-state index contributed by atoms with van der Waals surface area (Å²) in [5.41, 5.74) is 8.79. The molecular weight excluding hydrogens is 226 g/mol. The molecule has 0 saturated carbocycles. The largest absolute Gasteiger partial charge is 0.327 e. The van der Waals surface area contributed by atoms with Crippen molar-refractivity contribution in [2.24, 2.45) is 11.7 Å². The smallest absolute Gasteiger partial charge is 0.0448 e. The normalized spacial score (nSPS) is 16.9. The third kappa shape index (κ3) is 4.36. The predicted octanol–water partition coefficient (Wildman–Crippen LogP) is 4.16. The number of nitrogens with two attached hydrogens (primary N) is 1. The molecule has 3 unspecified atom stereocenters. The third-order valence-electron chi connectivity index (χ3n) is 3.18. The van der Waals surface area contributed by atoms with E-state index in [4.69, 9.17) is 5.73 Å². The number of thioether (sulfide) groups is 1. The average molecular weight is 251 g/mol. The molecule has 17 heavy (non-hydrogen) atoms. The van der Waals surface area contributed by atoms with E-state index < -0.39 is 0 Å². The Morgan fingerprint density at radius 2 is 1.53 bits per heavy atom. The highest BCUT2D eigenvalue weighted by Crippen LogP contribution is 2.36. The molecule has 0 radical (unpaired) electrons. The van der Waals surface area contributed by atoms with Crippen LogP contribution < -0.4 is 5.73 Å². The monoisotopic (exact) mass is 251 g/mol. The van der Waals surface area contributed by atoms with Crippen LogP contribution in [0.2, 0.25) is 0 Å². The van der Waals surface area contributed by atoms with Gasteiger partial charge in [-0.25, -0.2) is 0 Å². The van der Waals surface area contributed by atoms with Crippen molar-refractivity contribution in [1.29, 1.82) is 0 Å². The van der Waals surface area contributed by atoms with Crippen molar-refractivity contribution in [3.8, 4) is 0 Å². The molecule has 0 spiro atoms. The molecule has 0 amide bonds. The van der Waals surface area contributed by atoms with Gasteiger partial charge in [0.25, 0.3) is 0 Å². The molecule has 0 aliphatic carbocycles. The van der Waals surface area contributed by atoms with Crippen molar-refractivity contribution < 1.29 is 0 Å². The van der Waals surface area contributed by atoms with Crippen molar-refractivity contribution in [2.75, 3.05) is 0 Å². The van der Waals surface area contributed by atoms with Crippen LogP contribution in [0.25, 0.3) is 0 Å². The summed E-state index contributed by atoms with van der Waals surface area (Å²) in [5, 5.41) is 1.03. The minimum absolute atomic E-state index is 0.184. The first-order chi connectivity index (χ1) is 7.91. The molecule has 3 atom stereocenters. The molecule has 1 aromatic carbocycles. The van der Waals surface area contributed by atoms with Gasteiger partial charge in [-0.3, -0.25) is 0 Å². The van der Waals surface area contributed by atoms with Crippen LogP contribution >= 0.6 is 11.8 Å². The van der Waals surface area contributed by atoms with Gasteiger partial charge in [-0.05, 0) is 25.3 Å². The van der Waals surface area contributed by atoms with Crippen molar-refractivity contribution in [1.82, 2.24) is 0 Å². The number of hydrogen-bond acceptors (Lipinski definition) is 2. The lowest BCUT2D eigenvalue weighted by Gasteiger charge is -2.26. The molecule has 1 nitrogen and oxygen atoms in total. The van der Waals surface area contributed by atoms with Gasteiger partial charge < -0.3 is 5.73 Å². The summed E-state index contributed by atoms with van der Waals surface area (Å²) in [6.45, 7) is 11.0. The molecule has 1 rings (SSSR count). The Hall–Kier alpha value is -0.470. The third-order valence-corrected chi connectivity index (χ3v) is 5.15. The first-order valence-electron chi connectivity index (χ1n) is 6.39. The second-order valence-electron chi connectivity index (χ2n) is 5.28. The maximum Gasteiger partial charge on any atom is 0.0448 e. The molecule has 2 N–H and O–H groups in total. The standard InChI is InChI=1S/C15H25NS/c1-10(2)13(5)17-15(12(4)16)14-8-6-11(3)7-9-14/h6-10,12-13,15H,16H2,1-5H3. The van der Waals surface area contributed by atoms with Gasteiger partial charge in [0.05, 0.1) is 0 Å². The first kappa shape index (κ1) is 14.6. The van der Waals surface area contributed by atoms with Gasteiger partial charge in [0.2, 0.25) is 0 Å². The Morgan fingerprint density at radius 3 is 1.94 bits per heavy atom. The topological polar surface area (TPSA) is 26.0 Å². The van der Waals surface area contributed by atoms with Crippen LogP contribution in [0.4, 0.5) is 0 Å². The Kier molecular flexibility index (Phi) is 5.54. The fourth-order valence-electron chi connectivity index (χ4n) is 1.65. The summed E-state index contributed by atoms with van der Waals surface area (Å²) in [4.78, 5) is 0. The van der Waals surface area contributed by atoms with Crippen molar-refractivity contribution in [3.05, 3.63) is 35.4 Å². The summed E-state index contributed by atoms with van der Waals surface area (Å²) < 4.78 is 0. The van der Waals surface area contributed by atoms with Crippen LogP contribution in [-0.4, -0.2) is 11.3 Å². The maximum atomic E-state index is 6.13. The first-order valence-corrected chi connectivity index (χ1v) is 7.33. The molecule has 2 heteroatoms. The predicted molar refractivity (Wildman–Crippen MR) is 79.5 cm³/mol. The van der Waals surface area contributed by atoms with Gasteiger partial charge in [0.1, 0.15) is 0 Å². The summed E-state index contributed by atoms with van der Waals surface area (Å²) in [6, 6.07) is 8.95. The van der Waals surface area contributed by atoms with Gasteiger partial charge in [-0.15, -0.1) is 11.8 Å². The minimum Gasteiger partial charge on any atom is -0.327 e. The fraction of sp³-hybridized carbons (Fsp3) is 0.600. The SMILES string of the molecule is Cc1ccc(C(SC(C)C(C)C)C(C)N)cc1. The van der Waals surface area contributed by atoms with Crippen LogP contribution in [0, 0.1) is 12.8 Å². The van der Waals surface area contributed by atoms with E-state index in [9.17, 15) is 0 Å².